The molecule has 2 aromatic carbocycles. The molecule has 0 radical (unpaired) electrons. The minimum Gasteiger partial charge on any atom is -0.507 e. The van der Waals surface area contributed by atoms with E-state index in [9.17, 15) is 18.7 Å². The smallest absolute Gasteiger partial charge is 0.227 e. The minimum absolute atomic E-state index is 0.0123. The van der Waals surface area contributed by atoms with E-state index in [1.807, 2.05) is 32.1 Å². The number of phenols is 1. The van der Waals surface area contributed by atoms with Crippen LogP contribution in [-0.4, -0.2) is 17.6 Å². The zero-order valence-electron chi connectivity index (χ0n) is 18.5. The van der Waals surface area contributed by atoms with Crippen LogP contribution in [-0.2, 0) is 4.79 Å². The summed E-state index contributed by atoms with van der Waals surface area (Å²) in [5.74, 6) is -1.72. The summed E-state index contributed by atoms with van der Waals surface area (Å²) in [4.78, 5) is 13.1. The molecule has 1 N–H and O–H groups in total. The Kier molecular flexibility index (Phi) is 6.94. The standard InChI is InChI=1S/C26H29F2NO2/c1-5-16(3)13-21(17(4)6-2)20-10-7-9-19(26(20)31)18-14-22(27)25(23(28)15-18)29-12-8-11-24(29)30/h5,7,9-10,13-15,17,31H,6,8,11-12H2,1-4H3/b16-5-,21-13+. The van der Waals surface area contributed by atoms with Crippen LogP contribution in [0.2, 0.25) is 0 Å². The van der Waals surface area contributed by atoms with Gasteiger partial charge in [-0.3, -0.25) is 4.79 Å². The van der Waals surface area contributed by atoms with E-state index < -0.39 is 11.6 Å². The molecule has 0 aromatic heterocycles. The SMILES string of the molecule is C/C=C(C)\C=C(\c1cccc(-c2cc(F)c(N3CCCC3=O)c(F)c2)c1O)C(C)CC. The fourth-order valence-corrected chi connectivity index (χ4v) is 3.91. The van der Waals surface area contributed by atoms with Crippen molar-refractivity contribution in [3.63, 3.8) is 0 Å². The molecule has 3 rings (SSSR count). The molecule has 164 valence electrons. The largest absolute Gasteiger partial charge is 0.507 e. The molecule has 3 nitrogen and oxygen atoms in total. The Labute approximate surface area is 182 Å². The first-order valence-electron chi connectivity index (χ1n) is 10.7. The quantitative estimate of drug-likeness (QED) is 0.514. The second-order valence-electron chi connectivity index (χ2n) is 8.08. The van der Waals surface area contributed by atoms with Crippen LogP contribution < -0.4 is 4.90 Å². The Morgan fingerprint density at radius 2 is 1.94 bits per heavy atom. The highest BCUT2D eigenvalue weighted by molar-refractivity contribution is 5.96. The third-order valence-electron chi connectivity index (χ3n) is 6.00. The summed E-state index contributed by atoms with van der Waals surface area (Å²) in [5.41, 5.74) is 2.95. The number of aromatic hydroxyl groups is 1. The fraction of sp³-hybridized carbons (Fsp3) is 0.346. The predicted octanol–water partition coefficient (Wildman–Crippen LogP) is 6.86. The van der Waals surface area contributed by atoms with Crippen molar-refractivity contribution in [3.8, 4) is 16.9 Å². The number of allylic oxidation sites excluding steroid dienone is 4. The number of amides is 1. The van der Waals surface area contributed by atoms with Gasteiger partial charge in [-0.25, -0.2) is 8.78 Å². The van der Waals surface area contributed by atoms with E-state index in [1.54, 1.807) is 12.1 Å². The van der Waals surface area contributed by atoms with Gasteiger partial charge in [-0.15, -0.1) is 0 Å². The number of hydrogen-bond acceptors (Lipinski definition) is 2. The average molecular weight is 426 g/mol. The summed E-state index contributed by atoms with van der Waals surface area (Å²) in [6, 6.07) is 7.62. The molecule has 1 aliphatic heterocycles. The van der Waals surface area contributed by atoms with Gasteiger partial charge in [0.15, 0.2) is 11.6 Å². The van der Waals surface area contributed by atoms with Crippen molar-refractivity contribution in [2.45, 2.75) is 47.0 Å². The molecule has 1 atom stereocenters. The van der Waals surface area contributed by atoms with E-state index in [1.165, 1.54) is 12.1 Å². The molecule has 2 aromatic rings. The molecule has 31 heavy (non-hydrogen) atoms. The van der Waals surface area contributed by atoms with Crippen LogP contribution in [0.1, 0.15) is 52.5 Å². The summed E-state index contributed by atoms with van der Waals surface area (Å²) in [7, 11) is 0. The topological polar surface area (TPSA) is 40.5 Å². The van der Waals surface area contributed by atoms with Crippen LogP contribution in [0.15, 0.2) is 48.1 Å². The third-order valence-corrected chi connectivity index (χ3v) is 6.00. The zero-order valence-corrected chi connectivity index (χ0v) is 18.5. The van der Waals surface area contributed by atoms with Crippen LogP contribution in [0, 0.1) is 17.6 Å². The van der Waals surface area contributed by atoms with Crippen LogP contribution in [0.3, 0.4) is 0 Å². The Bertz CT molecular complexity index is 1030. The number of nitrogens with zero attached hydrogens (tertiary/aromatic N) is 1. The number of rotatable bonds is 6. The first kappa shape index (κ1) is 22.7. The minimum atomic E-state index is -0.808. The third kappa shape index (κ3) is 4.55. The molecular weight excluding hydrogens is 396 g/mol. The number of benzene rings is 2. The lowest BCUT2D eigenvalue weighted by molar-refractivity contribution is -0.117. The van der Waals surface area contributed by atoms with E-state index in [0.717, 1.165) is 22.5 Å². The Balaban J connectivity index is 2.11. The molecule has 1 aliphatic rings. The lowest BCUT2D eigenvalue weighted by atomic mass is 9.88. The fourth-order valence-electron chi connectivity index (χ4n) is 3.91. The van der Waals surface area contributed by atoms with Crippen molar-refractivity contribution in [3.05, 3.63) is 65.3 Å². The Morgan fingerprint density at radius 1 is 1.26 bits per heavy atom. The number of carbonyl (C=O) groups is 1. The molecule has 0 spiro atoms. The van der Waals surface area contributed by atoms with Crippen LogP contribution in [0.5, 0.6) is 5.75 Å². The maximum Gasteiger partial charge on any atom is 0.227 e. The van der Waals surface area contributed by atoms with Crippen molar-refractivity contribution in [1.82, 2.24) is 0 Å². The number of para-hydroxylation sites is 1. The van der Waals surface area contributed by atoms with Gasteiger partial charge in [-0.2, -0.15) is 0 Å². The van der Waals surface area contributed by atoms with Gasteiger partial charge in [0.1, 0.15) is 11.4 Å². The summed E-state index contributed by atoms with van der Waals surface area (Å²) in [6.07, 6.45) is 5.79. The number of phenolic OH excluding ortho intramolecular Hbond substituents is 1. The summed E-state index contributed by atoms with van der Waals surface area (Å²) < 4.78 is 29.8. The molecule has 0 aliphatic carbocycles. The molecule has 1 unspecified atom stereocenters. The highest BCUT2D eigenvalue weighted by Gasteiger charge is 2.28. The van der Waals surface area contributed by atoms with Crippen LogP contribution >= 0.6 is 0 Å². The van der Waals surface area contributed by atoms with Gasteiger partial charge in [-0.1, -0.05) is 49.8 Å². The van der Waals surface area contributed by atoms with Crippen molar-refractivity contribution >= 4 is 17.2 Å². The lowest BCUT2D eigenvalue weighted by Gasteiger charge is -2.20. The Morgan fingerprint density at radius 3 is 2.48 bits per heavy atom. The molecule has 1 heterocycles. The highest BCUT2D eigenvalue weighted by atomic mass is 19.1. The first-order chi connectivity index (χ1) is 14.8. The number of carbonyl (C=O) groups excluding carboxylic acids is 1. The molecule has 5 heteroatoms. The van der Waals surface area contributed by atoms with E-state index in [2.05, 4.69) is 13.8 Å². The van der Waals surface area contributed by atoms with Crippen molar-refractivity contribution in [1.29, 1.82) is 0 Å². The first-order valence-corrected chi connectivity index (χ1v) is 10.7. The predicted molar refractivity (Wildman–Crippen MR) is 122 cm³/mol. The molecule has 1 fully saturated rings. The van der Waals surface area contributed by atoms with Gasteiger partial charge in [0.25, 0.3) is 0 Å². The molecule has 0 bridgehead atoms. The van der Waals surface area contributed by atoms with Gasteiger partial charge < -0.3 is 10.0 Å². The van der Waals surface area contributed by atoms with E-state index in [4.69, 9.17) is 0 Å². The zero-order chi connectivity index (χ0) is 22.7. The summed E-state index contributed by atoms with van der Waals surface area (Å²) in [6.45, 7) is 8.41. The average Bonchev–Trinajstić information content (AvgIpc) is 3.16. The van der Waals surface area contributed by atoms with Gasteiger partial charge in [0.05, 0.1) is 0 Å². The van der Waals surface area contributed by atoms with Gasteiger partial charge in [0, 0.05) is 24.1 Å². The normalized spacial score (nSPS) is 16.2. The van der Waals surface area contributed by atoms with E-state index in [-0.39, 0.29) is 28.8 Å². The van der Waals surface area contributed by atoms with E-state index >= 15 is 0 Å². The second kappa shape index (κ2) is 9.46. The number of anilines is 1. The Hall–Kier alpha value is -2.95. The van der Waals surface area contributed by atoms with E-state index in [0.29, 0.717) is 30.5 Å². The van der Waals surface area contributed by atoms with Crippen LogP contribution in [0.25, 0.3) is 16.7 Å². The summed E-state index contributed by atoms with van der Waals surface area (Å²) in [5, 5.41) is 11.1. The molecule has 0 saturated carbocycles. The monoisotopic (exact) mass is 425 g/mol. The molecule has 1 saturated heterocycles. The van der Waals surface area contributed by atoms with Gasteiger partial charge >= 0.3 is 0 Å². The highest BCUT2D eigenvalue weighted by Crippen LogP contribution is 2.41. The van der Waals surface area contributed by atoms with Gasteiger partial charge in [0.2, 0.25) is 5.91 Å². The van der Waals surface area contributed by atoms with Crippen LogP contribution in [0.4, 0.5) is 14.5 Å². The summed E-state index contributed by atoms with van der Waals surface area (Å²) >= 11 is 0. The lowest BCUT2D eigenvalue weighted by Crippen LogP contribution is -2.26. The number of halogens is 2. The maximum absolute atomic E-state index is 14.9. The van der Waals surface area contributed by atoms with Gasteiger partial charge in [-0.05, 0) is 55.9 Å². The van der Waals surface area contributed by atoms with Crippen molar-refractivity contribution in [2.75, 3.05) is 11.4 Å². The van der Waals surface area contributed by atoms with Crippen molar-refractivity contribution < 1.29 is 18.7 Å². The van der Waals surface area contributed by atoms with Crippen molar-refractivity contribution in [2.24, 2.45) is 5.92 Å². The number of hydrogen-bond donors (Lipinski definition) is 1. The molecular formula is C26H29F2NO2. The molecule has 1 amide bonds. The maximum atomic E-state index is 14.9. The second-order valence-corrected chi connectivity index (χ2v) is 8.08.